The predicted molar refractivity (Wildman–Crippen MR) is 113 cm³/mol. The molecule has 0 heterocycles. The van der Waals surface area contributed by atoms with E-state index in [0.717, 1.165) is 6.54 Å². The van der Waals surface area contributed by atoms with Crippen molar-refractivity contribution in [3.05, 3.63) is 70.8 Å². The summed E-state index contributed by atoms with van der Waals surface area (Å²) in [6, 6.07) is 9.82. The number of esters is 1. The Balaban J connectivity index is 0.000000237. The number of hydrogen-bond acceptors (Lipinski definition) is 7. The number of ketones is 2. The number of fused-ring (bicyclic) bond motifs is 2. The van der Waals surface area contributed by atoms with Gasteiger partial charge < -0.3 is 21.1 Å². The van der Waals surface area contributed by atoms with E-state index in [-0.39, 0.29) is 28.8 Å². The molecule has 0 atom stereocenters. The third-order valence-electron chi connectivity index (χ3n) is 4.29. The summed E-state index contributed by atoms with van der Waals surface area (Å²) in [6.45, 7) is 6.28. The van der Waals surface area contributed by atoms with Crippen LogP contribution >= 0.6 is 0 Å². The summed E-state index contributed by atoms with van der Waals surface area (Å²) in [5.41, 5.74) is 13.8. The molecule has 0 aliphatic heterocycles. The minimum Gasteiger partial charge on any atom is -0.461 e. The predicted octanol–water partition coefficient (Wildman–Crippen LogP) is 2.29. The lowest BCUT2D eigenvalue weighted by Gasteiger charge is -2.19. The SMILES string of the molecule is C=C(C)C(=O)OCCN(C)C.Nc1ccc2c(c1N)C(=O)c1ccccc1C2=O. The topological polar surface area (TPSA) is 116 Å². The highest BCUT2D eigenvalue weighted by Crippen LogP contribution is 2.33. The number of hydrogen-bond donors (Lipinski definition) is 2. The third-order valence-corrected chi connectivity index (χ3v) is 4.29. The summed E-state index contributed by atoms with van der Waals surface area (Å²) in [7, 11) is 3.85. The number of nitrogen functional groups attached to an aromatic ring is 2. The average molecular weight is 395 g/mol. The van der Waals surface area contributed by atoms with Crippen LogP contribution in [0.2, 0.25) is 0 Å². The Morgan fingerprint density at radius 2 is 1.59 bits per heavy atom. The van der Waals surface area contributed by atoms with E-state index in [4.69, 9.17) is 16.2 Å². The highest BCUT2D eigenvalue weighted by Gasteiger charge is 2.31. The molecule has 7 nitrogen and oxygen atoms in total. The standard InChI is InChI=1S/C14H10N2O2.C8H15NO2/c15-10-6-5-9-11(12(10)16)14(18)8-4-2-1-3-7(8)13(9)17;1-7(2)8(10)11-6-5-9(3)4/h1-6H,15-16H2;1,5-6H2,2-4H3. The maximum Gasteiger partial charge on any atom is 0.333 e. The minimum atomic E-state index is -0.313. The number of nitrogens with zero attached hydrogens (tertiary/aromatic N) is 1. The smallest absolute Gasteiger partial charge is 0.333 e. The molecule has 0 radical (unpaired) electrons. The Labute approximate surface area is 169 Å². The second kappa shape index (κ2) is 9.16. The number of anilines is 2. The van der Waals surface area contributed by atoms with Crippen LogP contribution in [-0.2, 0) is 9.53 Å². The Bertz CT molecular complexity index is 980. The van der Waals surface area contributed by atoms with Crippen LogP contribution in [0.25, 0.3) is 0 Å². The molecule has 152 valence electrons. The van der Waals surface area contributed by atoms with E-state index < -0.39 is 0 Å². The lowest BCUT2D eigenvalue weighted by molar-refractivity contribution is -0.139. The number of benzene rings is 2. The molecule has 29 heavy (non-hydrogen) atoms. The van der Waals surface area contributed by atoms with Crippen LogP contribution in [-0.4, -0.2) is 49.7 Å². The first kappa shape index (κ1) is 21.8. The average Bonchev–Trinajstić information content (AvgIpc) is 2.68. The van der Waals surface area contributed by atoms with Crippen LogP contribution in [0.3, 0.4) is 0 Å². The quantitative estimate of drug-likeness (QED) is 0.395. The first-order chi connectivity index (χ1) is 13.6. The number of ether oxygens (including phenoxy) is 1. The van der Waals surface area contributed by atoms with Gasteiger partial charge in [-0.3, -0.25) is 9.59 Å². The molecule has 3 rings (SSSR count). The number of likely N-dealkylation sites (N-methyl/N-ethyl adjacent to an activating group) is 1. The van der Waals surface area contributed by atoms with Crippen LogP contribution in [0, 0.1) is 0 Å². The first-order valence-electron chi connectivity index (χ1n) is 8.98. The fourth-order valence-electron chi connectivity index (χ4n) is 2.67. The van der Waals surface area contributed by atoms with Crippen molar-refractivity contribution in [1.82, 2.24) is 4.90 Å². The Kier molecular flexibility index (Phi) is 6.90. The van der Waals surface area contributed by atoms with Gasteiger partial charge in [0.1, 0.15) is 6.61 Å². The van der Waals surface area contributed by atoms with E-state index in [1.165, 1.54) is 0 Å². The molecule has 0 fully saturated rings. The monoisotopic (exact) mass is 395 g/mol. The number of rotatable bonds is 4. The van der Waals surface area contributed by atoms with Crippen molar-refractivity contribution < 1.29 is 19.1 Å². The van der Waals surface area contributed by atoms with E-state index in [2.05, 4.69) is 6.58 Å². The maximum absolute atomic E-state index is 12.3. The van der Waals surface area contributed by atoms with E-state index in [1.807, 2.05) is 19.0 Å². The van der Waals surface area contributed by atoms with Crippen molar-refractivity contribution >= 4 is 28.9 Å². The van der Waals surface area contributed by atoms with E-state index in [0.29, 0.717) is 34.6 Å². The minimum absolute atomic E-state index is 0.181. The second-order valence-corrected chi connectivity index (χ2v) is 6.91. The van der Waals surface area contributed by atoms with Gasteiger partial charge in [-0.25, -0.2) is 4.79 Å². The molecular weight excluding hydrogens is 370 g/mol. The molecular formula is C22H25N3O4. The number of carbonyl (C=O) groups excluding carboxylic acids is 3. The van der Waals surface area contributed by atoms with Crippen molar-refractivity contribution in [3.63, 3.8) is 0 Å². The number of carbonyl (C=O) groups is 3. The van der Waals surface area contributed by atoms with Crippen molar-refractivity contribution in [1.29, 1.82) is 0 Å². The molecule has 7 heteroatoms. The van der Waals surface area contributed by atoms with Crippen LogP contribution in [0.1, 0.15) is 38.8 Å². The maximum atomic E-state index is 12.3. The summed E-state index contributed by atoms with van der Waals surface area (Å²) in [5, 5.41) is 0. The largest absolute Gasteiger partial charge is 0.461 e. The van der Waals surface area contributed by atoms with Gasteiger partial charge in [0, 0.05) is 28.8 Å². The van der Waals surface area contributed by atoms with Gasteiger partial charge >= 0.3 is 5.97 Å². The van der Waals surface area contributed by atoms with E-state index in [9.17, 15) is 14.4 Å². The van der Waals surface area contributed by atoms with Gasteiger partial charge in [0.25, 0.3) is 0 Å². The molecule has 0 bridgehead atoms. The van der Waals surface area contributed by atoms with Crippen LogP contribution in [0.15, 0.2) is 48.6 Å². The van der Waals surface area contributed by atoms with Crippen molar-refractivity contribution in [2.75, 3.05) is 38.7 Å². The van der Waals surface area contributed by atoms with Gasteiger partial charge in [-0.15, -0.1) is 0 Å². The highest BCUT2D eigenvalue weighted by atomic mass is 16.5. The third kappa shape index (κ3) is 4.89. The first-order valence-corrected chi connectivity index (χ1v) is 8.98. The van der Waals surface area contributed by atoms with Crippen molar-refractivity contribution in [3.8, 4) is 0 Å². The van der Waals surface area contributed by atoms with Gasteiger partial charge in [0.05, 0.1) is 16.9 Å². The number of nitrogens with two attached hydrogens (primary N) is 2. The fraction of sp³-hybridized carbons (Fsp3) is 0.227. The molecule has 0 amide bonds. The molecule has 4 N–H and O–H groups in total. The molecule has 0 unspecified atom stereocenters. The Hall–Kier alpha value is -3.45. The molecule has 0 saturated heterocycles. The molecule has 1 aliphatic rings. The summed E-state index contributed by atoms with van der Waals surface area (Å²) in [6.07, 6.45) is 0. The molecule has 0 saturated carbocycles. The lowest BCUT2D eigenvalue weighted by atomic mass is 9.83. The van der Waals surface area contributed by atoms with Crippen LogP contribution in [0.4, 0.5) is 11.4 Å². The fourth-order valence-corrected chi connectivity index (χ4v) is 2.67. The molecule has 0 spiro atoms. The highest BCUT2D eigenvalue weighted by molar-refractivity contribution is 6.30. The van der Waals surface area contributed by atoms with Gasteiger partial charge in [-0.2, -0.15) is 0 Å². The van der Waals surface area contributed by atoms with E-state index >= 15 is 0 Å². The van der Waals surface area contributed by atoms with Gasteiger partial charge in [-0.1, -0.05) is 30.8 Å². The van der Waals surface area contributed by atoms with Crippen molar-refractivity contribution in [2.24, 2.45) is 0 Å². The molecule has 0 aromatic heterocycles. The molecule has 2 aromatic carbocycles. The van der Waals surface area contributed by atoms with Gasteiger partial charge in [0.15, 0.2) is 11.6 Å². The zero-order chi connectivity index (χ0) is 21.7. The summed E-state index contributed by atoms with van der Waals surface area (Å²) >= 11 is 0. The van der Waals surface area contributed by atoms with Gasteiger partial charge in [0.2, 0.25) is 0 Å². The van der Waals surface area contributed by atoms with Crippen LogP contribution < -0.4 is 11.5 Å². The zero-order valence-corrected chi connectivity index (χ0v) is 16.8. The molecule has 1 aliphatic carbocycles. The normalized spacial score (nSPS) is 11.9. The van der Waals surface area contributed by atoms with Crippen molar-refractivity contribution in [2.45, 2.75) is 6.92 Å². The lowest BCUT2D eigenvalue weighted by Crippen LogP contribution is -2.22. The second-order valence-electron chi connectivity index (χ2n) is 6.91. The Morgan fingerprint density at radius 3 is 2.14 bits per heavy atom. The molecule has 2 aromatic rings. The summed E-state index contributed by atoms with van der Waals surface area (Å²) in [4.78, 5) is 37.3. The van der Waals surface area contributed by atoms with Crippen LogP contribution in [0.5, 0.6) is 0 Å². The Morgan fingerprint density at radius 1 is 1.00 bits per heavy atom. The van der Waals surface area contributed by atoms with E-state index in [1.54, 1.807) is 43.3 Å². The summed E-state index contributed by atoms with van der Waals surface area (Å²) < 4.78 is 4.83. The zero-order valence-electron chi connectivity index (χ0n) is 16.8. The summed E-state index contributed by atoms with van der Waals surface area (Å²) in [5.74, 6) is -0.747. The van der Waals surface area contributed by atoms with Gasteiger partial charge in [-0.05, 0) is 33.2 Å².